The number of aromatic nitrogens is 1. The Morgan fingerprint density at radius 3 is 2.72 bits per heavy atom. The average Bonchev–Trinajstić information content (AvgIpc) is 2.40. The zero-order valence-corrected chi connectivity index (χ0v) is 11.5. The largest absolute Gasteiger partial charge is 0.326 e. The van der Waals surface area contributed by atoms with Gasteiger partial charge in [-0.15, -0.1) is 0 Å². The Balaban J connectivity index is 2.24. The summed E-state index contributed by atoms with van der Waals surface area (Å²) < 4.78 is 0. The Hall–Kier alpha value is -0.930. The Kier molecular flexibility index (Phi) is 4.72. The summed E-state index contributed by atoms with van der Waals surface area (Å²) >= 11 is 0. The van der Waals surface area contributed by atoms with Crippen molar-refractivity contribution in [1.82, 2.24) is 9.88 Å². The van der Waals surface area contributed by atoms with Gasteiger partial charge in [0.1, 0.15) is 0 Å². The first-order valence-corrected chi connectivity index (χ1v) is 7.15. The van der Waals surface area contributed by atoms with Gasteiger partial charge in [-0.25, -0.2) is 0 Å². The Labute approximate surface area is 110 Å². The fourth-order valence-corrected chi connectivity index (χ4v) is 3.19. The minimum absolute atomic E-state index is 0.152. The predicted octanol–water partition coefficient (Wildman–Crippen LogP) is 2.73. The molecule has 1 aliphatic heterocycles. The number of hydrogen-bond donors (Lipinski definition) is 1. The van der Waals surface area contributed by atoms with E-state index in [9.17, 15) is 0 Å². The molecule has 3 atom stereocenters. The van der Waals surface area contributed by atoms with Gasteiger partial charge in [0.25, 0.3) is 0 Å². The number of pyridine rings is 1. The summed E-state index contributed by atoms with van der Waals surface area (Å²) in [7, 11) is 0. The molecule has 0 spiro atoms. The summed E-state index contributed by atoms with van der Waals surface area (Å²) in [5.41, 5.74) is 7.56. The van der Waals surface area contributed by atoms with Crippen LogP contribution in [0.4, 0.5) is 0 Å². The molecule has 1 fully saturated rings. The van der Waals surface area contributed by atoms with Crippen molar-refractivity contribution < 1.29 is 0 Å². The van der Waals surface area contributed by atoms with Gasteiger partial charge >= 0.3 is 0 Å². The number of rotatable bonds is 4. The molecule has 100 valence electrons. The molecule has 0 saturated carbocycles. The number of likely N-dealkylation sites (tertiary alicyclic amines) is 1. The molecule has 1 aliphatic rings. The highest BCUT2D eigenvalue weighted by Gasteiger charge is 2.30. The second kappa shape index (κ2) is 6.30. The van der Waals surface area contributed by atoms with E-state index in [-0.39, 0.29) is 6.04 Å². The van der Waals surface area contributed by atoms with Crippen LogP contribution in [-0.2, 0) is 0 Å². The second-order valence-electron chi connectivity index (χ2n) is 5.38. The molecule has 1 aromatic heterocycles. The van der Waals surface area contributed by atoms with Gasteiger partial charge in [-0.3, -0.25) is 9.88 Å². The van der Waals surface area contributed by atoms with Crippen LogP contribution in [0.5, 0.6) is 0 Å². The third-order valence-corrected chi connectivity index (χ3v) is 4.05. The van der Waals surface area contributed by atoms with Crippen LogP contribution in [0.2, 0.25) is 0 Å². The zero-order valence-electron chi connectivity index (χ0n) is 11.5. The van der Waals surface area contributed by atoms with E-state index in [1.807, 2.05) is 12.4 Å². The van der Waals surface area contributed by atoms with E-state index in [2.05, 4.69) is 35.9 Å². The van der Waals surface area contributed by atoms with Crippen molar-refractivity contribution in [3.63, 3.8) is 0 Å². The third kappa shape index (κ3) is 2.90. The van der Waals surface area contributed by atoms with Crippen LogP contribution in [0.25, 0.3) is 0 Å². The molecule has 2 heterocycles. The van der Waals surface area contributed by atoms with Crippen LogP contribution in [0.15, 0.2) is 24.5 Å². The fourth-order valence-electron chi connectivity index (χ4n) is 3.19. The number of nitrogens with two attached hydrogens (primary N) is 1. The molecule has 0 bridgehead atoms. The molecule has 18 heavy (non-hydrogen) atoms. The quantitative estimate of drug-likeness (QED) is 0.889. The maximum Gasteiger partial charge on any atom is 0.0500 e. The summed E-state index contributed by atoms with van der Waals surface area (Å²) in [6.45, 7) is 5.58. The smallest absolute Gasteiger partial charge is 0.0500 e. The van der Waals surface area contributed by atoms with E-state index in [4.69, 9.17) is 5.73 Å². The molecular formula is C15H25N3. The highest BCUT2D eigenvalue weighted by Crippen LogP contribution is 2.31. The first-order chi connectivity index (χ1) is 8.74. The molecule has 3 unspecified atom stereocenters. The zero-order chi connectivity index (χ0) is 13.0. The van der Waals surface area contributed by atoms with Gasteiger partial charge in [0.05, 0.1) is 6.04 Å². The predicted molar refractivity (Wildman–Crippen MR) is 75.3 cm³/mol. The van der Waals surface area contributed by atoms with Crippen LogP contribution >= 0.6 is 0 Å². The van der Waals surface area contributed by atoms with Gasteiger partial charge in [-0.2, -0.15) is 0 Å². The van der Waals surface area contributed by atoms with Crippen molar-refractivity contribution in [3.05, 3.63) is 30.1 Å². The summed E-state index contributed by atoms with van der Waals surface area (Å²) in [4.78, 5) is 6.73. The lowest BCUT2D eigenvalue weighted by atomic mass is 9.92. The average molecular weight is 247 g/mol. The Morgan fingerprint density at radius 2 is 2.11 bits per heavy atom. The first kappa shape index (κ1) is 13.5. The monoisotopic (exact) mass is 247 g/mol. The van der Waals surface area contributed by atoms with Crippen molar-refractivity contribution >= 4 is 0 Å². The van der Waals surface area contributed by atoms with Gasteiger partial charge in [0, 0.05) is 24.5 Å². The molecule has 3 heteroatoms. The van der Waals surface area contributed by atoms with Crippen molar-refractivity contribution in [3.8, 4) is 0 Å². The summed E-state index contributed by atoms with van der Waals surface area (Å²) in [6, 6.07) is 5.38. The van der Waals surface area contributed by atoms with E-state index < -0.39 is 0 Å². The van der Waals surface area contributed by atoms with E-state index in [0.29, 0.717) is 12.1 Å². The van der Waals surface area contributed by atoms with Gasteiger partial charge in [0.15, 0.2) is 0 Å². The SMILES string of the molecule is CCC1CCCCN1C(c1ccncc1)C(C)N. The maximum atomic E-state index is 6.25. The summed E-state index contributed by atoms with van der Waals surface area (Å²) in [6.07, 6.45) is 8.92. The van der Waals surface area contributed by atoms with Gasteiger partial charge in [-0.1, -0.05) is 13.3 Å². The topological polar surface area (TPSA) is 42.2 Å². The lowest BCUT2D eigenvalue weighted by Crippen LogP contribution is -2.47. The lowest BCUT2D eigenvalue weighted by molar-refractivity contribution is 0.0797. The van der Waals surface area contributed by atoms with Gasteiger partial charge in [0.2, 0.25) is 0 Å². The number of piperidine rings is 1. The minimum atomic E-state index is 0.152. The molecule has 1 saturated heterocycles. The minimum Gasteiger partial charge on any atom is -0.326 e. The molecule has 0 aromatic carbocycles. The van der Waals surface area contributed by atoms with E-state index in [1.165, 1.54) is 37.8 Å². The first-order valence-electron chi connectivity index (χ1n) is 7.15. The van der Waals surface area contributed by atoms with Crippen LogP contribution < -0.4 is 5.73 Å². The number of nitrogens with zero attached hydrogens (tertiary/aromatic N) is 2. The van der Waals surface area contributed by atoms with Crippen LogP contribution in [0.3, 0.4) is 0 Å². The highest BCUT2D eigenvalue weighted by molar-refractivity contribution is 5.17. The number of hydrogen-bond acceptors (Lipinski definition) is 3. The fraction of sp³-hybridized carbons (Fsp3) is 0.667. The lowest BCUT2D eigenvalue weighted by Gasteiger charge is -2.42. The van der Waals surface area contributed by atoms with Crippen molar-refractivity contribution in [2.24, 2.45) is 5.73 Å². The standard InChI is InChI=1S/C15H25N3/c1-3-14-6-4-5-11-18(14)15(12(2)16)13-7-9-17-10-8-13/h7-10,12,14-15H,3-6,11,16H2,1-2H3. The molecule has 0 radical (unpaired) electrons. The Bertz CT molecular complexity index is 350. The third-order valence-electron chi connectivity index (χ3n) is 4.05. The normalized spacial score (nSPS) is 24.7. The van der Waals surface area contributed by atoms with Crippen molar-refractivity contribution in [2.45, 2.75) is 57.7 Å². The maximum absolute atomic E-state index is 6.25. The van der Waals surface area contributed by atoms with Gasteiger partial charge < -0.3 is 5.73 Å². The summed E-state index contributed by atoms with van der Waals surface area (Å²) in [5, 5.41) is 0. The molecule has 3 nitrogen and oxygen atoms in total. The summed E-state index contributed by atoms with van der Waals surface area (Å²) in [5.74, 6) is 0. The molecule has 2 N–H and O–H groups in total. The highest BCUT2D eigenvalue weighted by atomic mass is 15.2. The van der Waals surface area contributed by atoms with Gasteiger partial charge in [-0.05, 0) is 50.4 Å². The molecule has 0 amide bonds. The van der Waals surface area contributed by atoms with Crippen molar-refractivity contribution in [2.75, 3.05) is 6.54 Å². The van der Waals surface area contributed by atoms with E-state index >= 15 is 0 Å². The Morgan fingerprint density at radius 1 is 1.39 bits per heavy atom. The van der Waals surface area contributed by atoms with Crippen LogP contribution in [-0.4, -0.2) is 28.5 Å². The molecule has 1 aromatic rings. The van der Waals surface area contributed by atoms with Crippen LogP contribution in [0.1, 0.15) is 51.1 Å². The second-order valence-corrected chi connectivity index (χ2v) is 5.38. The van der Waals surface area contributed by atoms with E-state index in [1.54, 1.807) is 0 Å². The van der Waals surface area contributed by atoms with E-state index in [0.717, 1.165) is 0 Å². The van der Waals surface area contributed by atoms with Crippen LogP contribution in [0, 0.1) is 0 Å². The molecule has 2 rings (SSSR count). The van der Waals surface area contributed by atoms with Crippen molar-refractivity contribution in [1.29, 1.82) is 0 Å². The molecule has 0 aliphatic carbocycles. The molecular weight excluding hydrogens is 222 g/mol.